The second-order valence-corrected chi connectivity index (χ2v) is 3.36. The molecule has 0 aliphatic rings. The van der Waals surface area contributed by atoms with Gasteiger partial charge in [0, 0.05) is 12.5 Å². The maximum atomic E-state index is 11.3. The third-order valence-electron chi connectivity index (χ3n) is 2.15. The van der Waals surface area contributed by atoms with Crippen LogP contribution in [0.1, 0.15) is 18.5 Å². The molecular weight excluding hydrogens is 206 g/mol. The Hall–Kier alpha value is -2.04. The largest absolute Gasteiger partial charge is 0.467 e. The van der Waals surface area contributed by atoms with E-state index in [2.05, 4.69) is 15.3 Å². The van der Waals surface area contributed by atoms with Gasteiger partial charge in [0.25, 0.3) is 5.56 Å². The van der Waals surface area contributed by atoms with E-state index in [1.807, 2.05) is 19.1 Å². The fourth-order valence-corrected chi connectivity index (χ4v) is 1.36. The lowest BCUT2D eigenvalue weighted by atomic mass is 10.4. The average Bonchev–Trinajstić information content (AvgIpc) is 2.78. The first-order valence-corrected chi connectivity index (χ1v) is 5.14. The lowest BCUT2D eigenvalue weighted by Crippen LogP contribution is -2.13. The highest BCUT2D eigenvalue weighted by atomic mass is 16.3. The highest BCUT2D eigenvalue weighted by molar-refractivity contribution is 5.33. The van der Waals surface area contributed by atoms with Crippen LogP contribution >= 0.6 is 0 Å². The Morgan fingerprint density at radius 3 is 3.12 bits per heavy atom. The first-order chi connectivity index (χ1) is 7.78. The normalized spacial score (nSPS) is 10.3. The van der Waals surface area contributed by atoms with E-state index in [0.717, 1.165) is 5.76 Å². The van der Waals surface area contributed by atoms with Crippen molar-refractivity contribution in [2.45, 2.75) is 19.9 Å². The number of aromatic nitrogens is 2. The number of rotatable bonds is 4. The number of hydrogen-bond acceptors (Lipinski definition) is 4. The highest BCUT2D eigenvalue weighted by Crippen LogP contribution is 2.05. The van der Waals surface area contributed by atoms with Crippen molar-refractivity contribution in [3.8, 4) is 0 Å². The minimum atomic E-state index is -0.145. The van der Waals surface area contributed by atoms with Crippen molar-refractivity contribution in [3.05, 3.63) is 46.4 Å². The average molecular weight is 219 g/mol. The van der Waals surface area contributed by atoms with Crippen molar-refractivity contribution in [1.29, 1.82) is 0 Å². The molecule has 84 valence electrons. The maximum absolute atomic E-state index is 11.3. The van der Waals surface area contributed by atoms with Crippen molar-refractivity contribution in [2.24, 2.45) is 0 Å². The summed E-state index contributed by atoms with van der Waals surface area (Å²) in [6.07, 6.45) is 2.31. The van der Waals surface area contributed by atoms with Gasteiger partial charge in [-0.2, -0.15) is 0 Å². The van der Waals surface area contributed by atoms with E-state index in [4.69, 9.17) is 4.42 Å². The Morgan fingerprint density at radius 1 is 1.56 bits per heavy atom. The van der Waals surface area contributed by atoms with Gasteiger partial charge in [-0.1, -0.05) is 6.92 Å². The summed E-state index contributed by atoms with van der Waals surface area (Å²) in [5.41, 5.74) is -0.145. The zero-order valence-electron chi connectivity index (χ0n) is 8.99. The standard InChI is InChI=1S/C11H13N3O2/c1-2-9-13-10(6-11(15)14-9)12-7-8-4-3-5-16-8/h3-6H,2,7H2,1H3,(H2,12,13,14,15). The molecular formula is C11H13N3O2. The Kier molecular flexibility index (Phi) is 3.05. The molecule has 0 saturated heterocycles. The van der Waals surface area contributed by atoms with E-state index >= 15 is 0 Å². The fraction of sp³-hybridized carbons (Fsp3) is 0.273. The zero-order chi connectivity index (χ0) is 11.4. The van der Waals surface area contributed by atoms with Crippen molar-refractivity contribution in [3.63, 3.8) is 0 Å². The SMILES string of the molecule is CCc1nc(NCc2ccco2)cc(=O)[nH]1. The molecule has 0 amide bonds. The van der Waals surface area contributed by atoms with Crippen LogP contribution in [0.5, 0.6) is 0 Å². The van der Waals surface area contributed by atoms with Gasteiger partial charge < -0.3 is 14.7 Å². The lowest BCUT2D eigenvalue weighted by molar-refractivity contribution is 0.517. The maximum Gasteiger partial charge on any atom is 0.252 e. The number of furan rings is 1. The van der Waals surface area contributed by atoms with E-state index in [1.165, 1.54) is 6.07 Å². The molecule has 2 aromatic heterocycles. The molecule has 0 aliphatic heterocycles. The summed E-state index contributed by atoms with van der Waals surface area (Å²) in [7, 11) is 0. The third-order valence-corrected chi connectivity index (χ3v) is 2.15. The number of anilines is 1. The van der Waals surface area contributed by atoms with Gasteiger partial charge in [-0.15, -0.1) is 0 Å². The molecule has 2 rings (SSSR count). The molecule has 0 spiro atoms. The smallest absolute Gasteiger partial charge is 0.252 e. The Balaban J connectivity index is 2.09. The summed E-state index contributed by atoms with van der Waals surface area (Å²) in [5.74, 6) is 2.05. The monoisotopic (exact) mass is 219 g/mol. The topological polar surface area (TPSA) is 70.9 Å². The van der Waals surface area contributed by atoms with Gasteiger partial charge in [0.05, 0.1) is 12.8 Å². The molecule has 2 N–H and O–H groups in total. The van der Waals surface area contributed by atoms with Crippen LogP contribution in [0.25, 0.3) is 0 Å². The summed E-state index contributed by atoms with van der Waals surface area (Å²) >= 11 is 0. The van der Waals surface area contributed by atoms with Gasteiger partial charge in [-0.05, 0) is 12.1 Å². The molecule has 5 nitrogen and oxygen atoms in total. The second-order valence-electron chi connectivity index (χ2n) is 3.36. The molecule has 0 aromatic carbocycles. The predicted molar refractivity (Wildman–Crippen MR) is 60.3 cm³/mol. The van der Waals surface area contributed by atoms with Gasteiger partial charge in [-0.3, -0.25) is 4.79 Å². The first kappa shape index (κ1) is 10.5. The molecule has 0 fully saturated rings. The number of nitrogens with one attached hydrogen (secondary N) is 2. The number of nitrogens with zero attached hydrogens (tertiary/aromatic N) is 1. The van der Waals surface area contributed by atoms with E-state index in [1.54, 1.807) is 6.26 Å². The van der Waals surface area contributed by atoms with Crippen molar-refractivity contribution in [1.82, 2.24) is 9.97 Å². The molecule has 0 atom stereocenters. The van der Waals surface area contributed by atoms with Crippen LogP contribution in [0.3, 0.4) is 0 Å². The number of H-pyrrole nitrogens is 1. The van der Waals surface area contributed by atoms with Gasteiger partial charge in [0.2, 0.25) is 0 Å². The molecule has 0 aliphatic carbocycles. The van der Waals surface area contributed by atoms with Crippen LogP contribution < -0.4 is 10.9 Å². The van der Waals surface area contributed by atoms with Gasteiger partial charge in [-0.25, -0.2) is 4.98 Å². The van der Waals surface area contributed by atoms with Crippen LogP contribution in [-0.4, -0.2) is 9.97 Å². The van der Waals surface area contributed by atoms with E-state index in [-0.39, 0.29) is 5.56 Å². The van der Waals surface area contributed by atoms with Gasteiger partial charge in [0.1, 0.15) is 17.4 Å². The van der Waals surface area contributed by atoms with Crippen LogP contribution in [-0.2, 0) is 13.0 Å². The Morgan fingerprint density at radius 2 is 2.44 bits per heavy atom. The van der Waals surface area contributed by atoms with Gasteiger partial charge >= 0.3 is 0 Å². The van der Waals surface area contributed by atoms with Crippen LogP contribution in [0.2, 0.25) is 0 Å². The number of aryl methyl sites for hydroxylation is 1. The van der Waals surface area contributed by atoms with Crippen molar-refractivity contribution in [2.75, 3.05) is 5.32 Å². The zero-order valence-corrected chi connectivity index (χ0v) is 8.99. The van der Waals surface area contributed by atoms with E-state index in [0.29, 0.717) is 24.6 Å². The molecule has 0 bridgehead atoms. The van der Waals surface area contributed by atoms with Crippen LogP contribution in [0.4, 0.5) is 5.82 Å². The molecule has 16 heavy (non-hydrogen) atoms. The summed E-state index contributed by atoms with van der Waals surface area (Å²) in [4.78, 5) is 18.2. The summed E-state index contributed by atoms with van der Waals surface area (Å²) in [6.45, 7) is 2.46. The van der Waals surface area contributed by atoms with Crippen LogP contribution in [0, 0.1) is 0 Å². The fourth-order valence-electron chi connectivity index (χ4n) is 1.36. The third kappa shape index (κ3) is 2.50. The van der Waals surface area contributed by atoms with E-state index < -0.39 is 0 Å². The summed E-state index contributed by atoms with van der Waals surface area (Å²) < 4.78 is 5.17. The second kappa shape index (κ2) is 4.65. The molecule has 0 radical (unpaired) electrons. The highest BCUT2D eigenvalue weighted by Gasteiger charge is 2.00. The number of aromatic amines is 1. The Labute approximate surface area is 92.5 Å². The quantitative estimate of drug-likeness (QED) is 0.818. The lowest BCUT2D eigenvalue weighted by Gasteiger charge is -2.04. The van der Waals surface area contributed by atoms with E-state index in [9.17, 15) is 4.79 Å². The minimum absolute atomic E-state index is 0.145. The van der Waals surface area contributed by atoms with Crippen LogP contribution in [0.15, 0.2) is 33.7 Å². The minimum Gasteiger partial charge on any atom is -0.467 e. The predicted octanol–water partition coefficient (Wildman–Crippen LogP) is 1.54. The van der Waals surface area contributed by atoms with Gasteiger partial charge in [0.15, 0.2) is 0 Å². The van der Waals surface area contributed by atoms with Crippen molar-refractivity contribution >= 4 is 5.82 Å². The molecule has 0 saturated carbocycles. The number of hydrogen-bond donors (Lipinski definition) is 2. The molecule has 2 aromatic rings. The molecule has 0 unspecified atom stereocenters. The molecule has 5 heteroatoms. The summed E-state index contributed by atoms with van der Waals surface area (Å²) in [6, 6.07) is 5.11. The molecule has 2 heterocycles. The van der Waals surface area contributed by atoms with Crippen molar-refractivity contribution < 1.29 is 4.42 Å². The Bertz CT molecular complexity index is 502. The first-order valence-electron chi connectivity index (χ1n) is 5.14. The summed E-state index contributed by atoms with van der Waals surface area (Å²) in [5, 5.41) is 3.04.